The number of hydrogen-bond acceptors (Lipinski definition) is 3. The highest BCUT2D eigenvalue weighted by molar-refractivity contribution is 6.32. The molecule has 1 aromatic rings. The van der Waals surface area contributed by atoms with Gasteiger partial charge in [-0.2, -0.15) is 0 Å². The molecule has 0 amide bonds. The van der Waals surface area contributed by atoms with Gasteiger partial charge in [0.05, 0.1) is 5.02 Å². The average Bonchev–Trinajstić information content (AvgIpc) is 2.53. The van der Waals surface area contributed by atoms with Crippen molar-refractivity contribution in [1.82, 2.24) is 5.32 Å². The van der Waals surface area contributed by atoms with Crippen LogP contribution in [-0.2, 0) is 6.54 Å². The van der Waals surface area contributed by atoms with Crippen LogP contribution < -0.4 is 14.8 Å². The largest absolute Gasteiger partial charge is 0.486 e. The van der Waals surface area contributed by atoms with Crippen molar-refractivity contribution in [2.45, 2.75) is 51.6 Å². The SMILES string of the molecule is CCC1CCC(NCc2cc(Cl)c3c(c2)OCCO3)CC1. The van der Waals surface area contributed by atoms with E-state index in [-0.39, 0.29) is 0 Å². The zero-order valence-corrected chi connectivity index (χ0v) is 13.4. The fraction of sp³-hybridized carbons (Fsp3) is 0.647. The Hall–Kier alpha value is -0.930. The summed E-state index contributed by atoms with van der Waals surface area (Å²) in [6.07, 6.45) is 6.62. The number of benzene rings is 1. The summed E-state index contributed by atoms with van der Waals surface area (Å²) in [4.78, 5) is 0. The molecule has 0 bridgehead atoms. The summed E-state index contributed by atoms with van der Waals surface area (Å²) < 4.78 is 11.2. The lowest BCUT2D eigenvalue weighted by Crippen LogP contribution is -2.32. The Labute approximate surface area is 132 Å². The van der Waals surface area contributed by atoms with Crippen molar-refractivity contribution < 1.29 is 9.47 Å². The summed E-state index contributed by atoms with van der Waals surface area (Å²) in [6, 6.07) is 4.67. The Morgan fingerprint density at radius 2 is 1.90 bits per heavy atom. The van der Waals surface area contributed by atoms with Gasteiger partial charge in [0.15, 0.2) is 11.5 Å². The van der Waals surface area contributed by atoms with E-state index in [9.17, 15) is 0 Å². The minimum Gasteiger partial charge on any atom is -0.486 e. The smallest absolute Gasteiger partial charge is 0.179 e. The number of fused-ring (bicyclic) bond motifs is 1. The summed E-state index contributed by atoms with van der Waals surface area (Å²) in [5, 5.41) is 4.31. The Bertz CT molecular complexity index is 484. The van der Waals surface area contributed by atoms with Gasteiger partial charge in [0, 0.05) is 12.6 Å². The van der Waals surface area contributed by atoms with Gasteiger partial charge in [-0.05, 0) is 49.3 Å². The molecule has 0 atom stereocenters. The molecule has 21 heavy (non-hydrogen) atoms. The number of rotatable bonds is 4. The Morgan fingerprint density at radius 1 is 1.14 bits per heavy atom. The predicted octanol–water partition coefficient (Wildman–Crippen LogP) is 4.17. The van der Waals surface area contributed by atoms with Crippen molar-refractivity contribution in [3.05, 3.63) is 22.7 Å². The lowest BCUT2D eigenvalue weighted by Gasteiger charge is -2.28. The summed E-state index contributed by atoms with van der Waals surface area (Å²) in [7, 11) is 0. The minimum absolute atomic E-state index is 0.574. The molecule has 0 unspecified atom stereocenters. The van der Waals surface area contributed by atoms with Gasteiger partial charge in [-0.15, -0.1) is 0 Å². The maximum Gasteiger partial charge on any atom is 0.179 e. The van der Waals surface area contributed by atoms with Crippen LogP contribution in [0.15, 0.2) is 12.1 Å². The maximum atomic E-state index is 6.27. The topological polar surface area (TPSA) is 30.5 Å². The molecule has 0 aromatic heterocycles. The van der Waals surface area contributed by atoms with Gasteiger partial charge in [-0.25, -0.2) is 0 Å². The molecule has 1 aromatic carbocycles. The molecule has 2 aliphatic rings. The molecule has 0 radical (unpaired) electrons. The van der Waals surface area contributed by atoms with Crippen LogP contribution in [-0.4, -0.2) is 19.3 Å². The first-order valence-corrected chi connectivity index (χ1v) is 8.45. The molecular weight excluding hydrogens is 286 g/mol. The average molecular weight is 310 g/mol. The van der Waals surface area contributed by atoms with E-state index in [1.165, 1.54) is 37.7 Å². The summed E-state index contributed by atoms with van der Waals surface area (Å²) >= 11 is 6.27. The van der Waals surface area contributed by atoms with E-state index in [0.717, 1.165) is 18.2 Å². The van der Waals surface area contributed by atoms with E-state index < -0.39 is 0 Å². The first-order chi connectivity index (χ1) is 10.3. The van der Waals surface area contributed by atoms with Crippen molar-refractivity contribution in [2.75, 3.05) is 13.2 Å². The van der Waals surface area contributed by atoms with Crippen LogP contribution >= 0.6 is 11.6 Å². The number of nitrogens with one attached hydrogen (secondary N) is 1. The normalized spacial score (nSPS) is 24.9. The van der Waals surface area contributed by atoms with Crippen LogP contribution in [0.2, 0.25) is 5.02 Å². The number of halogens is 1. The highest BCUT2D eigenvalue weighted by Crippen LogP contribution is 2.38. The van der Waals surface area contributed by atoms with Crippen LogP contribution in [0, 0.1) is 5.92 Å². The van der Waals surface area contributed by atoms with Gasteiger partial charge in [0.2, 0.25) is 0 Å². The van der Waals surface area contributed by atoms with Crippen molar-refractivity contribution in [1.29, 1.82) is 0 Å². The molecule has 116 valence electrons. The lowest BCUT2D eigenvalue weighted by molar-refractivity contribution is 0.171. The first kappa shape index (κ1) is 15.0. The highest BCUT2D eigenvalue weighted by atomic mass is 35.5. The Balaban J connectivity index is 1.57. The van der Waals surface area contributed by atoms with Gasteiger partial charge < -0.3 is 14.8 Å². The highest BCUT2D eigenvalue weighted by Gasteiger charge is 2.20. The first-order valence-electron chi connectivity index (χ1n) is 8.07. The van der Waals surface area contributed by atoms with E-state index in [1.54, 1.807) is 0 Å². The van der Waals surface area contributed by atoms with Crippen LogP contribution in [0.4, 0.5) is 0 Å². The zero-order chi connectivity index (χ0) is 14.7. The van der Waals surface area contributed by atoms with Crippen molar-refractivity contribution in [3.63, 3.8) is 0 Å². The molecule has 4 heteroatoms. The molecule has 1 aliphatic carbocycles. The van der Waals surface area contributed by atoms with E-state index in [4.69, 9.17) is 21.1 Å². The monoisotopic (exact) mass is 309 g/mol. The fourth-order valence-corrected chi connectivity index (χ4v) is 3.59. The van der Waals surface area contributed by atoms with Crippen molar-refractivity contribution >= 4 is 11.6 Å². The van der Waals surface area contributed by atoms with Crippen LogP contribution in [0.25, 0.3) is 0 Å². The molecule has 1 aliphatic heterocycles. The van der Waals surface area contributed by atoms with Crippen LogP contribution in [0.3, 0.4) is 0 Å². The number of hydrogen-bond donors (Lipinski definition) is 1. The van der Waals surface area contributed by atoms with Gasteiger partial charge in [0.25, 0.3) is 0 Å². The minimum atomic E-state index is 0.574. The summed E-state index contributed by atoms with van der Waals surface area (Å²) in [5.74, 6) is 2.40. The van der Waals surface area contributed by atoms with E-state index in [2.05, 4.69) is 12.2 Å². The van der Waals surface area contributed by atoms with E-state index in [0.29, 0.717) is 30.0 Å². The summed E-state index contributed by atoms with van der Waals surface area (Å²) in [6.45, 7) is 4.32. The third kappa shape index (κ3) is 3.64. The molecule has 3 nitrogen and oxygen atoms in total. The molecule has 1 saturated carbocycles. The van der Waals surface area contributed by atoms with Crippen LogP contribution in [0.1, 0.15) is 44.6 Å². The fourth-order valence-electron chi connectivity index (χ4n) is 3.30. The third-order valence-electron chi connectivity index (χ3n) is 4.68. The lowest BCUT2D eigenvalue weighted by atomic mass is 9.84. The van der Waals surface area contributed by atoms with E-state index in [1.807, 2.05) is 12.1 Å². The second kappa shape index (κ2) is 6.89. The second-order valence-electron chi connectivity index (χ2n) is 6.11. The second-order valence-corrected chi connectivity index (χ2v) is 6.52. The van der Waals surface area contributed by atoms with Gasteiger partial charge in [-0.1, -0.05) is 24.9 Å². The number of ether oxygens (including phenoxy) is 2. The van der Waals surface area contributed by atoms with Gasteiger partial charge in [0.1, 0.15) is 13.2 Å². The molecule has 0 spiro atoms. The quantitative estimate of drug-likeness (QED) is 0.905. The van der Waals surface area contributed by atoms with Gasteiger partial charge >= 0.3 is 0 Å². The molecule has 1 heterocycles. The zero-order valence-electron chi connectivity index (χ0n) is 12.7. The summed E-state index contributed by atoms with van der Waals surface area (Å²) in [5.41, 5.74) is 1.17. The third-order valence-corrected chi connectivity index (χ3v) is 4.96. The Morgan fingerprint density at radius 3 is 2.67 bits per heavy atom. The molecule has 1 N–H and O–H groups in total. The predicted molar refractivity (Wildman–Crippen MR) is 85.3 cm³/mol. The molecule has 1 fully saturated rings. The van der Waals surface area contributed by atoms with Crippen molar-refractivity contribution in [3.8, 4) is 11.5 Å². The van der Waals surface area contributed by atoms with E-state index >= 15 is 0 Å². The van der Waals surface area contributed by atoms with Crippen LogP contribution in [0.5, 0.6) is 11.5 Å². The molecular formula is C17H24ClNO2. The maximum absolute atomic E-state index is 6.27. The Kier molecular flexibility index (Phi) is 4.91. The molecule has 0 saturated heterocycles. The van der Waals surface area contributed by atoms with Crippen molar-refractivity contribution in [2.24, 2.45) is 5.92 Å². The molecule has 3 rings (SSSR count). The standard InChI is InChI=1S/C17H24ClNO2/c1-2-12-3-5-14(6-4-12)19-11-13-9-15(18)17-16(10-13)20-7-8-21-17/h9-10,12,14,19H,2-8,11H2,1H3. The van der Waals surface area contributed by atoms with Gasteiger partial charge in [-0.3, -0.25) is 0 Å².